The normalized spacial score (nSPS) is 11.4. The molecule has 1 heterocycles. The van der Waals surface area contributed by atoms with E-state index in [0.717, 1.165) is 5.56 Å². The number of para-hydroxylation sites is 1. The lowest BCUT2D eigenvalue weighted by atomic mass is 10.2. The summed E-state index contributed by atoms with van der Waals surface area (Å²) in [5.41, 5.74) is 1.19. The van der Waals surface area contributed by atoms with Gasteiger partial charge in [-0.25, -0.2) is 4.98 Å². The van der Waals surface area contributed by atoms with Gasteiger partial charge in [0.05, 0.1) is 6.61 Å². The van der Waals surface area contributed by atoms with Gasteiger partial charge in [0.1, 0.15) is 5.75 Å². The Morgan fingerprint density at radius 1 is 1.07 bits per heavy atom. The average Bonchev–Trinajstić information content (AvgIpc) is 2.63. The summed E-state index contributed by atoms with van der Waals surface area (Å²) in [5, 5.41) is 6.04. The van der Waals surface area contributed by atoms with Gasteiger partial charge in [0.15, 0.2) is 5.96 Å². The number of aliphatic imine (C=N–C) groups is 1. The summed E-state index contributed by atoms with van der Waals surface area (Å²) in [7, 11) is 1.57. The molecule has 28 heavy (non-hydrogen) atoms. The van der Waals surface area contributed by atoms with Gasteiger partial charge in [0.2, 0.25) is 5.88 Å². The number of pyridine rings is 1. The van der Waals surface area contributed by atoms with Crippen molar-refractivity contribution in [1.82, 2.24) is 15.6 Å². The molecule has 0 radical (unpaired) electrons. The van der Waals surface area contributed by atoms with Crippen molar-refractivity contribution in [2.24, 2.45) is 4.99 Å². The van der Waals surface area contributed by atoms with E-state index in [1.54, 1.807) is 31.4 Å². The van der Waals surface area contributed by atoms with E-state index in [0.29, 0.717) is 30.6 Å². The van der Waals surface area contributed by atoms with Gasteiger partial charge in [-0.05, 0) is 19.1 Å². The van der Waals surface area contributed by atoms with Crippen molar-refractivity contribution in [3.05, 3.63) is 53.7 Å². The highest BCUT2D eigenvalue weighted by Gasteiger charge is 2.31. The van der Waals surface area contributed by atoms with E-state index in [-0.39, 0.29) is 36.3 Å². The van der Waals surface area contributed by atoms with E-state index in [2.05, 4.69) is 25.3 Å². The summed E-state index contributed by atoms with van der Waals surface area (Å²) in [5.74, 6) is 0.689. The number of nitrogens with zero attached hydrogens (tertiary/aromatic N) is 2. The number of hydrogen-bond acceptors (Lipinski definition) is 4. The van der Waals surface area contributed by atoms with E-state index in [1.807, 2.05) is 13.0 Å². The first-order chi connectivity index (χ1) is 12.9. The Morgan fingerprint density at radius 2 is 1.71 bits per heavy atom. The van der Waals surface area contributed by atoms with Gasteiger partial charge in [0, 0.05) is 37.5 Å². The maximum Gasteiger partial charge on any atom is 0.573 e. The molecule has 0 saturated heterocycles. The molecule has 0 aliphatic carbocycles. The molecule has 2 rings (SSSR count). The molecule has 2 N–H and O–H groups in total. The van der Waals surface area contributed by atoms with Crippen LogP contribution in [0.15, 0.2) is 47.6 Å². The highest BCUT2D eigenvalue weighted by atomic mass is 127. The van der Waals surface area contributed by atoms with Gasteiger partial charge in [-0.2, -0.15) is 0 Å². The predicted molar refractivity (Wildman–Crippen MR) is 111 cm³/mol. The molecule has 2 aromatic rings. The molecule has 0 saturated carbocycles. The second-order valence-electron chi connectivity index (χ2n) is 5.34. The summed E-state index contributed by atoms with van der Waals surface area (Å²) >= 11 is 0. The second kappa shape index (κ2) is 11.6. The molecule has 0 fully saturated rings. The zero-order valence-corrected chi connectivity index (χ0v) is 17.7. The Labute approximate surface area is 178 Å². The molecule has 0 aliphatic rings. The van der Waals surface area contributed by atoms with E-state index < -0.39 is 6.36 Å². The number of rotatable bonds is 7. The molecular weight excluding hydrogens is 488 g/mol. The van der Waals surface area contributed by atoms with E-state index in [1.165, 1.54) is 12.1 Å². The number of alkyl halides is 3. The molecule has 0 bridgehead atoms. The third-order valence-corrected chi connectivity index (χ3v) is 3.45. The number of ether oxygens (including phenoxy) is 2. The van der Waals surface area contributed by atoms with Crippen LogP contribution < -0.4 is 20.1 Å². The number of aromatic nitrogens is 1. The van der Waals surface area contributed by atoms with Crippen LogP contribution in [0.5, 0.6) is 11.6 Å². The molecule has 0 unspecified atom stereocenters. The number of guanidine groups is 1. The fourth-order valence-electron chi connectivity index (χ4n) is 2.28. The van der Waals surface area contributed by atoms with Crippen LogP contribution in [0.3, 0.4) is 0 Å². The minimum atomic E-state index is -4.74. The van der Waals surface area contributed by atoms with Crippen molar-refractivity contribution in [2.45, 2.75) is 26.4 Å². The summed E-state index contributed by atoms with van der Waals surface area (Å²) in [6.07, 6.45) is -3.11. The predicted octanol–water partition coefficient (Wildman–Crippen LogP) is 3.86. The smallest absolute Gasteiger partial charge is 0.478 e. The van der Waals surface area contributed by atoms with Gasteiger partial charge in [0.25, 0.3) is 0 Å². The zero-order chi connectivity index (χ0) is 19.7. The first-order valence-electron chi connectivity index (χ1n) is 8.27. The van der Waals surface area contributed by atoms with Crippen molar-refractivity contribution >= 4 is 29.9 Å². The lowest BCUT2D eigenvalue weighted by Crippen LogP contribution is -2.36. The van der Waals surface area contributed by atoms with Crippen LogP contribution in [0.1, 0.15) is 18.1 Å². The van der Waals surface area contributed by atoms with Crippen LogP contribution >= 0.6 is 24.0 Å². The van der Waals surface area contributed by atoms with Crippen LogP contribution in [-0.2, 0) is 13.1 Å². The molecule has 1 aromatic heterocycles. The van der Waals surface area contributed by atoms with Gasteiger partial charge < -0.3 is 20.1 Å². The Morgan fingerprint density at radius 3 is 2.36 bits per heavy atom. The van der Waals surface area contributed by atoms with Gasteiger partial charge in [-0.3, -0.25) is 4.99 Å². The number of nitrogens with one attached hydrogen (secondary N) is 2. The van der Waals surface area contributed by atoms with Crippen LogP contribution in [0.25, 0.3) is 0 Å². The highest BCUT2D eigenvalue weighted by molar-refractivity contribution is 14.0. The van der Waals surface area contributed by atoms with E-state index >= 15 is 0 Å². The van der Waals surface area contributed by atoms with Crippen molar-refractivity contribution in [3.8, 4) is 11.6 Å². The molecule has 6 nitrogen and oxygen atoms in total. The fraction of sp³-hybridized carbons (Fsp3) is 0.333. The molecule has 1 aromatic carbocycles. The van der Waals surface area contributed by atoms with Crippen LogP contribution in [0.2, 0.25) is 0 Å². The molecule has 154 valence electrons. The Balaban J connectivity index is 0.00000392. The van der Waals surface area contributed by atoms with Crippen molar-refractivity contribution in [3.63, 3.8) is 0 Å². The monoisotopic (exact) mass is 510 g/mol. The highest BCUT2D eigenvalue weighted by Crippen LogP contribution is 2.26. The SMILES string of the molecule is CCOc1ncccc1CNC(=NC)NCc1ccccc1OC(F)(F)F.I. The van der Waals surface area contributed by atoms with Crippen molar-refractivity contribution < 1.29 is 22.6 Å². The summed E-state index contributed by atoms with van der Waals surface area (Å²) < 4.78 is 47.0. The Hall–Kier alpha value is -2.24. The summed E-state index contributed by atoms with van der Waals surface area (Å²) in [6.45, 7) is 2.86. The van der Waals surface area contributed by atoms with Crippen molar-refractivity contribution in [1.29, 1.82) is 0 Å². The second-order valence-corrected chi connectivity index (χ2v) is 5.34. The lowest BCUT2D eigenvalue weighted by molar-refractivity contribution is -0.274. The minimum absolute atomic E-state index is 0. The zero-order valence-electron chi connectivity index (χ0n) is 15.4. The van der Waals surface area contributed by atoms with E-state index in [9.17, 15) is 13.2 Å². The lowest BCUT2D eigenvalue weighted by Gasteiger charge is -2.16. The largest absolute Gasteiger partial charge is 0.573 e. The van der Waals surface area contributed by atoms with Crippen LogP contribution in [0, 0.1) is 0 Å². The average molecular weight is 510 g/mol. The maximum absolute atomic E-state index is 12.5. The third kappa shape index (κ3) is 7.79. The molecule has 10 heteroatoms. The first kappa shape index (κ1) is 23.8. The number of hydrogen-bond donors (Lipinski definition) is 2. The van der Waals surface area contributed by atoms with Gasteiger partial charge >= 0.3 is 6.36 Å². The Bertz CT molecular complexity index is 772. The number of benzene rings is 1. The number of halogens is 4. The topological polar surface area (TPSA) is 67.8 Å². The van der Waals surface area contributed by atoms with Crippen LogP contribution in [-0.4, -0.2) is 31.0 Å². The fourth-order valence-corrected chi connectivity index (χ4v) is 2.28. The minimum Gasteiger partial charge on any atom is -0.478 e. The maximum atomic E-state index is 12.5. The van der Waals surface area contributed by atoms with Gasteiger partial charge in [-0.15, -0.1) is 37.1 Å². The molecule has 0 atom stereocenters. The summed E-state index contributed by atoms with van der Waals surface area (Å²) in [6, 6.07) is 9.60. The molecule has 0 amide bonds. The van der Waals surface area contributed by atoms with E-state index in [4.69, 9.17) is 4.74 Å². The molecule has 0 spiro atoms. The van der Waals surface area contributed by atoms with Crippen molar-refractivity contribution in [2.75, 3.05) is 13.7 Å². The quantitative estimate of drug-likeness (QED) is 0.337. The molecular formula is C18H22F3IN4O2. The third-order valence-electron chi connectivity index (χ3n) is 3.45. The van der Waals surface area contributed by atoms with Crippen LogP contribution in [0.4, 0.5) is 13.2 Å². The first-order valence-corrected chi connectivity index (χ1v) is 8.27. The Kier molecular flexibility index (Phi) is 9.83. The van der Waals surface area contributed by atoms with Gasteiger partial charge in [-0.1, -0.05) is 24.3 Å². The molecule has 0 aliphatic heterocycles. The standard InChI is InChI=1S/C18H21F3N4O2.HI/c1-3-26-16-14(8-6-10-23-16)12-25-17(22-2)24-11-13-7-4-5-9-15(13)27-18(19,20)21;/h4-10H,3,11-12H2,1-2H3,(H2,22,24,25);1H. The summed E-state index contributed by atoms with van der Waals surface area (Å²) in [4.78, 5) is 8.23.